The average molecular weight is 700 g/mol. The lowest BCUT2D eigenvalue weighted by atomic mass is 9.95. The Bertz CT molecular complexity index is 1440. The number of carbonyl (C=O) groups is 1. The molecule has 0 radical (unpaired) electrons. The minimum Gasteiger partial charge on any atom is -0.492 e. The Labute approximate surface area is 228 Å². The predicted molar refractivity (Wildman–Crippen MR) is 150 cm³/mol. The number of fused-ring (bicyclic) bond motifs is 1. The van der Waals surface area contributed by atoms with E-state index in [2.05, 4.69) is 45.2 Å². The zero-order valence-corrected chi connectivity index (χ0v) is 23.9. The fourth-order valence-electron chi connectivity index (χ4n) is 3.91. The maximum absolute atomic E-state index is 13.7. The van der Waals surface area contributed by atoms with Gasteiger partial charge >= 0.3 is 5.97 Å². The molecule has 0 spiro atoms. The van der Waals surface area contributed by atoms with Gasteiger partial charge in [-0.2, -0.15) is 0 Å². The van der Waals surface area contributed by atoms with Crippen molar-refractivity contribution in [2.75, 3.05) is 13.7 Å². The van der Waals surface area contributed by atoms with Crippen LogP contribution in [0.2, 0.25) is 0 Å². The van der Waals surface area contributed by atoms with Crippen molar-refractivity contribution in [3.63, 3.8) is 0 Å². The van der Waals surface area contributed by atoms with Crippen LogP contribution < -0.4 is 19.6 Å². The van der Waals surface area contributed by atoms with Gasteiger partial charge in [0, 0.05) is 0 Å². The minimum atomic E-state index is -0.595. The maximum Gasteiger partial charge on any atom is 0.338 e. The van der Waals surface area contributed by atoms with E-state index in [1.54, 1.807) is 4.57 Å². The summed E-state index contributed by atoms with van der Waals surface area (Å²) in [6.07, 6.45) is 2.42. The number of allylic oxidation sites excluding steroid dienone is 1. The number of rotatable bonds is 6. The van der Waals surface area contributed by atoms with Gasteiger partial charge in [-0.15, -0.1) is 0 Å². The molecule has 0 saturated carbocycles. The highest BCUT2D eigenvalue weighted by atomic mass is 127. The molecule has 176 valence electrons. The van der Waals surface area contributed by atoms with E-state index in [9.17, 15) is 9.59 Å². The average Bonchev–Trinajstić information content (AvgIpc) is 3.14. The van der Waals surface area contributed by atoms with E-state index in [0.717, 1.165) is 24.0 Å². The molecular formula is C25H22I2N2O4S. The van der Waals surface area contributed by atoms with Crippen LogP contribution in [0.4, 0.5) is 0 Å². The number of benzene rings is 2. The highest BCUT2D eigenvalue weighted by molar-refractivity contribution is 14.1. The number of esters is 1. The summed E-state index contributed by atoms with van der Waals surface area (Å²) in [7, 11) is 1.35. The van der Waals surface area contributed by atoms with E-state index in [1.807, 2.05) is 62.4 Å². The van der Waals surface area contributed by atoms with E-state index >= 15 is 0 Å². The topological polar surface area (TPSA) is 69.9 Å². The molecule has 0 aliphatic carbocycles. The molecule has 0 saturated heterocycles. The van der Waals surface area contributed by atoms with Gasteiger partial charge in [-0.25, -0.2) is 9.79 Å². The zero-order chi connectivity index (χ0) is 24.4. The zero-order valence-electron chi connectivity index (χ0n) is 18.8. The largest absolute Gasteiger partial charge is 0.492 e. The van der Waals surface area contributed by atoms with Crippen LogP contribution in [0.25, 0.3) is 6.08 Å². The Morgan fingerprint density at radius 3 is 2.44 bits per heavy atom. The van der Waals surface area contributed by atoms with E-state index in [-0.39, 0.29) is 5.56 Å². The number of hydrogen-bond acceptors (Lipinski definition) is 6. The first-order valence-corrected chi connectivity index (χ1v) is 13.7. The Balaban J connectivity index is 1.95. The molecule has 34 heavy (non-hydrogen) atoms. The second-order valence-electron chi connectivity index (χ2n) is 7.45. The molecule has 1 aromatic heterocycles. The smallest absolute Gasteiger partial charge is 0.338 e. The molecular weight excluding hydrogens is 678 g/mol. The van der Waals surface area contributed by atoms with Crippen LogP contribution in [-0.2, 0) is 9.53 Å². The normalized spacial score (nSPS) is 15.7. The molecule has 0 N–H and O–H groups in total. The first-order chi connectivity index (χ1) is 16.4. The van der Waals surface area contributed by atoms with Gasteiger partial charge in [0.05, 0.1) is 42.7 Å². The summed E-state index contributed by atoms with van der Waals surface area (Å²) in [6.45, 7) is 4.49. The van der Waals surface area contributed by atoms with Crippen LogP contribution in [-0.4, -0.2) is 24.3 Å². The second-order valence-corrected chi connectivity index (χ2v) is 10.8. The standard InChI is InChI=1S/C25H22I2N2O4S/c1-4-18-20(24(31)32-3)21(15-9-7-6-8-10-15)29-23(30)19(34-25(29)28-18)13-14-11-16(26)22(33-5-2)17(27)12-14/h6-13,21H,4-5H2,1-3H3/b19-13-/t21-/m1/s1. The lowest BCUT2D eigenvalue weighted by molar-refractivity contribution is -0.136. The van der Waals surface area contributed by atoms with Gasteiger partial charge in [0.25, 0.3) is 5.56 Å². The maximum atomic E-state index is 13.7. The number of halogens is 2. The van der Waals surface area contributed by atoms with Gasteiger partial charge in [0.2, 0.25) is 0 Å². The Morgan fingerprint density at radius 2 is 1.85 bits per heavy atom. The molecule has 1 aliphatic rings. The summed E-state index contributed by atoms with van der Waals surface area (Å²) in [5.41, 5.74) is 2.59. The second kappa shape index (κ2) is 10.7. The van der Waals surface area contributed by atoms with Gasteiger partial charge in [-0.1, -0.05) is 48.6 Å². The monoisotopic (exact) mass is 700 g/mol. The number of ether oxygens (including phenoxy) is 2. The summed E-state index contributed by atoms with van der Waals surface area (Å²) in [5, 5.41) is 0. The molecule has 2 heterocycles. The van der Waals surface area contributed by atoms with Gasteiger partial charge < -0.3 is 9.47 Å². The number of hydrogen-bond donors (Lipinski definition) is 0. The first kappa shape index (κ1) is 25.1. The SMILES string of the molecule is CCOc1c(I)cc(/C=c2\sc3n(c2=O)[C@H](c2ccccc2)C(C(=O)OC)=C(CC)N=3)cc1I. The molecule has 1 aliphatic heterocycles. The van der Waals surface area contributed by atoms with Crippen LogP contribution in [0.3, 0.4) is 0 Å². The summed E-state index contributed by atoms with van der Waals surface area (Å²) >= 11 is 5.83. The first-order valence-electron chi connectivity index (χ1n) is 10.7. The molecule has 0 bridgehead atoms. The summed E-state index contributed by atoms with van der Waals surface area (Å²) in [5.74, 6) is 0.376. The van der Waals surface area contributed by atoms with Gasteiger partial charge in [-0.05, 0) is 87.9 Å². The molecule has 0 unspecified atom stereocenters. The van der Waals surface area contributed by atoms with Crippen LogP contribution in [0.5, 0.6) is 5.75 Å². The molecule has 0 fully saturated rings. The lowest BCUT2D eigenvalue weighted by Crippen LogP contribution is -2.40. The highest BCUT2D eigenvalue weighted by Crippen LogP contribution is 2.32. The minimum absolute atomic E-state index is 0.187. The summed E-state index contributed by atoms with van der Waals surface area (Å²) in [6, 6.07) is 12.9. The van der Waals surface area contributed by atoms with Gasteiger partial charge in [0.1, 0.15) is 5.75 Å². The molecule has 1 atom stereocenters. The number of aromatic nitrogens is 1. The van der Waals surface area contributed by atoms with E-state index < -0.39 is 12.0 Å². The van der Waals surface area contributed by atoms with Gasteiger partial charge in [-0.3, -0.25) is 9.36 Å². The van der Waals surface area contributed by atoms with Crippen molar-refractivity contribution < 1.29 is 14.3 Å². The van der Waals surface area contributed by atoms with E-state index in [0.29, 0.717) is 33.6 Å². The molecule has 9 heteroatoms. The quantitative estimate of drug-likeness (QED) is 0.283. The Kier molecular flexibility index (Phi) is 7.93. The highest BCUT2D eigenvalue weighted by Gasteiger charge is 2.33. The van der Waals surface area contributed by atoms with Crippen molar-refractivity contribution in [2.45, 2.75) is 26.3 Å². The predicted octanol–water partition coefficient (Wildman–Crippen LogP) is 4.41. The molecule has 4 rings (SSSR count). The molecule has 6 nitrogen and oxygen atoms in total. The van der Waals surface area contributed by atoms with Crippen molar-refractivity contribution in [1.29, 1.82) is 0 Å². The third-order valence-electron chi connectivity index (χ3n) is 5.37. The number of thiazole rings is 1. The number of methoxy groups -OCH3 is 1. The van der Waals surface area contributed by atoms with Crippen LogP contribution in [0.15, 0.2) is 63.5 Å². The van der Waals surface area contributed by atoms with E-state index in [4.69, 9.17) is 14.5 Å². The molecule has 0 amide bonds. The summed E-state index contributed by atoms with van der Waals surface area (Å²) in [4.78, 5) is 31.8. The van der Waals surface area contributed by atoms with Crippen molar-refractivity contribution in [2.24, 2.45) is 4.99 Å². The Morgan fingerprint density at radius 1 is 1.18 bits per heavy atom. The number of nitrogens with zero attached hydrogens (tertiary/aromatic N) is 2. The number of carbonyl (C=O) groups excluding carboxylic acids is 1. The third-order valence-corrected chi connectivity index (χ3v) is 7.96. The fourth-order valence-corrected chi connectivity index (χ4v) is 7.06. The lowest BCUT2D eigenvalue weighted by Gasteiger charge is -2.25. The summed E-state index contributed by atoms with van der Waals surface area (Å²) < 4.78 is 15.0. The Hall–Kier alpha value is -1.99. The molecule has 2 aromatic carbocycles. The van der Waals surface area contributed by atoms with Crippen LogP contribution >= 0.6 is 56.5 Å². The molecule has 3 aromatic rings. The van der Waals surface area contributed by atoms with Crippen molar-refractivity contribution >= 4 is 68.6 Å². The van der Waals surface area contributed by atoms with Crippen LogP contribution in [0.1, 0.15) is 37.4 Å². The fraction of sp³-hybridized carbons (Fsp3) is 0.240. The van der Waals surface area contributed by atoms with Crippen molar-refractivity contribution in [3.8, 4) is 5.75 Å². The van der Waals surface area contributed by atoms with E-state index in [1.165, 1.54) is 18.4 Å². The van der Waals surface area contributed by atoms with Gasteiger partial charge in [0.15, 0.2) is 4.80 Å². The van der Waals surface area contributed by atoms with Crippen molar-refractivity contribution in [1.82, 2.24) is 4.57 Å². The van der Waals surface area contributed by atoms with Crippen molar-refractivity contribution in [3.05, 3.63) is 91.7 Å². The third kappa shape index (κ3) is 4.74. The van der Waals surface area contributed by atoms with Crippen LogP contribution in [0, 0.1) is 7.14 Å².